The molecule has 2 aliphatic heterocycles. The molecule has 2 aliphatic rings. The second-order valence-corrected chi connectivity index (χ2v) is 8.06. The summed E-state index contributed by atoms with van der Waals surface area (Å²) in [6.45, 7) is 10.1. The maximum Gasteiger partial charge on any atom is 0.190 e. The summed E-state index contributed by atoms with van der Waals surface area (Å²) < 4.78 is 23.9. The molecule has 3 rings (SSSR count). The molecule has 0 aromatic heterocycles. The van der Waals surface area contributed by atoms with E-state index in [0.29, 0.717) is 13.0 Å². The predicted octanol–water partition coefficient (Wildman–Crippen LogP) is 3.88. The Morgan fingerprint density at radius 2 is 2.00 bits per heavy atom. The third-order valence-electron chi connectivity index (χ3n) is 5.16. The number of aryl methyl sites for hydroxylation is 1. The molecule has 0 radical (unpaired) electrons. The van der Waals surface area contributed by atoms with Crippen LogP contribution in [0.4, 0.5) is 0 Å². The number of benzene rings is 1. The van der Waals surface area contributed by atoms with E-state index in [1.807, 2.05) is 46.8 Å². The normalized spacial score (nSPS) is 31.2. The first-order valence-electron chi connectivity index (χ1n) is 9.29. The van der Waals surface area contributed by atoms with Crippen LogP contribution in [0, 0.1) is 13.8 Å². The van der Waals surface area contributed by atoms with Gasteiger partial charge in [-0.05, 0) is 50.8 Å². The van der Waals surface area contributed by atoms with E-state index in [1.165, 1.54) is 0 Å². The second-order valence-electron chi connectivity index (χ2n) is 7.68. The summed E-state index contributed by atoms with van der Waals surface area (Å²) in [7, 11) is 0. The van der Waals surface area contributed by atoms with Gasteiger partial charge in [-0.2, -0.15) is 0 Å². The van der Waals surface area contributed by atoms with Gasteiger partial charge in [0.2, 0.25) is 0 Å². The fourth-order valence-corrected chi connectivity index (χ4v) is 3.87. The fraction of sp³-hybridized carbons (Fsp3) is 0.700. The molecule has 2 saturated heterocycles. The Morgan fingerprint density at radius 1 is 1.27 bits per heavy atom. The van der Waals surface area contributed by atoms with Crippen LogP contribution in [0.15, 0.2) is 12.1 Å². The largest absolute Gasteiger partial charge is 0.390 e. The Bertz CT molecular complexity index is 647. The summed E-state index contributed by atoms with van der Waals surface area (Å²) >= 11 is 6.47. The molecule has 0 bridgehead atoms. The van der Waals surface area contributed by atoms with Crippen molar-refractivity contribution < 1.29 is 24.1 Å². The number of aliphatic hydroxyl groups is 1. The van der Waals surface area contributed by atoms with Crippen LogP contribution in [0.3, 0.4) is 0 Å². The van der Waals surface area contributed by atoms with Crippen molar-refractivity contribution in [2.75, 3.05) is 0 Å². The van der Waals surface area contributed by atoms with Crippen LogP contribution in [0.5, 0.6) is 0 Å². The lowest BCUT2D eigenvalue weighted by molar-refractivity contribution is -0.230. The molecule has 2 fully saturated rings. The number of aliphatic hydroxyl groups excluding tert-OH is 1. The van der Waals surface area contributed by atoms with Crippen molar-refractivity contribution in [2.45, 2.75) is 90.6 Å². The molecule has 1 N–H and O–H groups in total. The van der Waals surface area contributed by atoms with E-state index >= 15 is 0 Å². The number of halogens is 1. The predicted molar refractivity (Wildman–Crippen MR) is 99.1 cm³/mol. The van der Waals surface area contributed by atoms with Crippen molar-refractivity contribution in [2.24, 2.45) is 0 Å². The number of hydrogen-bond donors (Lipinski definition) is 1. The second kappa shape index (κ2) is 7.74. The molecule has 5 atom stereocenters. The molecular formula is C20H29ClO5. The molecule has 0 aliphatic carbocycles. The minimum absolute atomic E-state index is 0.330. The summed E-state index contributed by atoms with van der Waals surface area (Å²) in [4.78, 5) is 0. The molecule has 0 saturated carbocycles. The zero-order valence-corrected chi connectivity index (χ0v) is 16.9. The van der Waals surface area contributed by atoms with Crippen molar-refractivity contribution in [3.05, 3.63) is 33.8 Å². The van der Waals surface area contributed by atoms with Crippen LogP contribution in [0.1, 0.15) is 50.3 Å². The molecule has 0 unspecified atom stereocenters. The highest BCUT2D eigenvalue weighted by Gasteiger charge is 2.56. The number of ether oxygens (including phenoxy) is 4. The van der Waals surface area contributed by atoms with Gasteiger partial charge >= 0.3 is 0 Å². The summed E-state index contributed by atoms with van der Waals surface area (Å²) in [5.74, 6) is -0.726. The first kappa shape index (κ1) is 20.1. The van der Waals surface area contributed by atoms with Crippen molar-refractivity contribution in [1.82, 2.24) is 0 Å². The van der Waals surface area contributed by atoms with E-state index in [-0.39, 0.29) is 6.10 Å². The van der Waals surface area contributed by atoms with Gasteiger partial charge in [0.1, 0.15) is 18.3 Å². The molecule has 26 heavy (non-hydrogen) atoms. The Kier molecular flexibility index (Phi) is 5.97. The monoisotopic (exact) mass is 384 g/mol. The molecule has 6 heteroatoms. The third kappa shape index (κ3) is 3.93. The van der Waals surface area contributed by atoms with Gasteiger partial charge in [-0.25, -0.2) is 0 Å². The minimum atomic E-state index is -0.726. The van der Waals surface area contributed by atoms with Crippen molar-refractivity contribution >= 4 is 11.6 Å². The summed E-state index contributed by atoms with van der Waals surface area (Å²) in [6, 6.07) is 4.01. The van der Waals surface area contributed by atoms with E-state index in [9.17, 15) is 5.11 Å². The Morgan fingerprint density at radius 3 is 2.69 bits per heavy atom. The van der Waals surface area contributed by atoms with Gasteiger partial charge < -0.3 is 24.1 Å². The van der Waals surface area contributed by atoms with Gasteiger partial charge in [0.25, 0.3) is 0 Å². The lowest BCUT2D eigenvalue weighted by atomic mass is 10.0. The Balaban J connectivity index is 1.76. The van der Waals surface area contributed by atoms with Crippen LogP contribution in [-0.4, -0.2) is 41.6 Å². The van der Waals surface area contributed by atoms with Gasteiger partial charge in [0, 0.05) is 5.02 Å². The quantitative estimate of drug-likeness (QED) is 0.806. The van der Waals surface area contributed by atoms with Gasteiger partial charge in [-0.1, -0.05) is 37.1 Å². The van der Waals surface area contributed by atoms with Crippen molar-refractivity contribution in [3.63, 3.8) is 0 Å². The lowest BCUT2D eigenvalue weighted by Crippen LogP contribution is -2.42. The molecule has 2 heterocycles. The molecule has 1 aromatic carbocycles. The fourth-order valence-electron chi connectivity index (χ4n) is 3.60. The molecular weight excluding hydrogens is 356 g/mol. The molecule has 0 spiro atoms. The lowest BCUT2D eigenvalue weighted by Gasteiger charge is -2.28. The first-order chi connectivity index (χ1) is 12.2. The highest BCUT2D eigenvalue weighted by molar-refractivity contribution is 6.32. The summed E-state index contributed by atoms with van der Waals surface area (Å²) in [5.41, 5.74) is 3.12. The smallest absolute Gasteiger partial charge is 0.190 e. The number of fused-ring (bicyclic) bond motifs is 1. The first-order valence-corrected chi connectivity index (χ1v) is 9.66. The van der Waals surface area contributed by atoms with E-state index in [4.69, 9.17) is 30.5 Å². The van der Waals surface area contributed by atoms with Gasteiger partial charge in [0.05, 0.1) is 12.7 Å². The van der Waals surface area contributed by atoms with E-state index in [2.05, 4.69) is 0 Å². The third-order valence-corrected chi connectivity index (χ3v) is 5.69. The molecule has 146 valence electrons. The standard InChI is InChI=1S/C20H29ClO5/c1-6-7-14(22)16-17(18-19(24-16)26-20(4,5)25-18)23-10-13-9-8-11(2)12(3)15(13)21/h8-9,14,16-19,22H,6-7,10H2,1-5H3/t14-,16-,17+,18-,19-/m1/s1. The Hall–Kier alpha value is -0.690. The highest BCUT2D eigenvalue weighted by Crippen LogP contribution is 2.40. The van der Waals surface area contributed by atoms with Crippen LogP contribution >= 0.6 is 11.6 Å². The average Bonchev–Trinajstić information content (AvgIpc) is 3.04. The Labute approximate surface area is 160 Å². The van der Waals surface area contributed by atoms with Crippen LogP contribution < -0.4 is 0 Å². The number of rotatable bonds is 6. The van der Waals surface area contributed by atoms with Crippen LogP contribution in [0.25, 0.3) is 0 Å². The minimum Gasteiger partial charge on any atom is -0.390 e. The van der Waals surface area contributed by atoms with E-state index in [0.717, 1.165) is 28.1 Å². The zero-order valence-electron chi connectivity index (χ0n) is 16.1. The summed E-state index contributed by atoms with van der Waals surface area (Å²) in [6.07, 6.45) is -0.918. The van der Waals surface area contributed by atoms with Crippen molar-refractivity contribution in [3.8, 4) is 0 Å². The van der Waals surface area contributed by atoms with Crippen molar-refractivity contribution in [1.29, 1.82) is 0 Å². The number of hydrogen-bond acceptors (Lipinski definition) is 5. The molecule has 0 amide bonds. The van der Waals surface area contributed by atoms with Crippen LogP contribution in [0.2, 0.25) is 5.02 Å². The van der Waals surface area contributed by atoms with Crippen LogP contribution in [-0.2, 0) is 25.6 Å². The summed E-state index contributed by atoms with van der Waals surface area (Å²) in [5, 5.41) is 11.2. The highest BCUT2D eigenvalue weighted by atomic mass is 35.5. The van der Waals surface area contributed by atoms with Gasteiger partial charge in [0.15, 0.2) is 12.1 Å². The SMILES string of the molecule is CCC[C@@H](O)[C@H]1O[C@@H]2OC(C)(C)O[C@@H]2[C@H]1OCc1ccc(C)c(C)c1Cl. The van der Waals surface area contributed by atoms with E-state index in [1.54, 1.807) is 0 Å². The average molecular weight is 385 g/mol. The maximum absolute atomic E-state index is 10.5. The zero-order chi connectivity index (χ0) is 19.1. The molecule has 1 aromatic rings. The van der Waals surface area contributed by atoms with Gasteiger partial charge in [-0.3, -0.25) is 0 Å². The maximum atomic E-state index is 10.5. The van der Waals surface area contributed by atoms with E-state index < -0.39 is 30.4 Å². The molecule has 5 nitrogen and oxygen atoms in total. The van der Waals surface area contributed by atoms with Gasteiger partial charge in [-0.15, -0.1) is 0 Å². The topological polar surface area (TPSA) is 57.2 Å².